The van der Waals surface area contributed by atoms with Gasteiger partial charge in [-0.1, -0.05) is 38.1 Å². The maximum absolute atomic E-state index is 12.3. The Morgan fingerprint density at radius 1 is 1.17 bits per heavy atom. The Hall–Kier alpha value is -4.01. The fourth-order valence-corrected chi connectivity index (χ4v) is 4.58. The van der Waals surface area contributed by atoms with Crippen molar-refractivity contribution in [3.8, 4) is 11.1 Å². The van der Waals surface area contributed by atoms with Gasteiger partial charge in [0.15, 0.2) is 0 Å². The van der Waals surface area contributed by atoms with Gasteiger partial charge in [0.25, 0.3) is 5.91 Å². The SMILES string of the molecule is CC(=O)N=C1CC[C@@H](Nc2c(C(N)=O)cnn3cc(-c4ccc(CNC(C)=O)cc4)cc23)C1(C)C. The summed E-state index contributed by atoms with van der Waals surface area (Å²) in [6, 6.07) is 9.82. The first kappa shape index (κ1) is 24.1. The average molecular weight is 475 g/mol. The van der Waals surface area contributed by atoms with E-state index in [1.54, 1.807) is 4.52 Å². The van der Waals surface area contributed by atoms with Crippen molar-refractivity contribution in [3.63, 3.8) is 0 Å². The molecule has 4 rings (SSSR count). The summed E-state index contributed by atoms with van der Waals surface area (Å²) in [5.74, 6) is -0.854. The molecular weight excluding hydrogens is 444 g/mol. The Balaban J connectivity index is 1.70. The molecule has 9 heteroatoms. The number of carbonyl (C=O) groups excluding carboxylic acids is 3. The van der Waals surface area contributed by atoms with Crippen molar-refractivity contribution >= 4 is 34.6 Å². The zero-order chi connectivity index (χ0) is 25.3. The number of aliphatic imine (C=N–C) groups is 1. The van der Waals surface area contributed by atoms with Gasteiger partial charge < -0.3 is 16.4 Å². The monoisotopic (exact) mass is 474 g/mol. The molecule has 1 saturated carbocycles. The number of hydrogen-bond acceptors (Lipinski definition) is 5. The van der Waals surface area contributed by atoms with E-state index in [9.17, 15) is 14.4 Å². The maximum atomic E-state index is 12.3. The number of carbonyl (C=O) groups is 3. The first-order valence-electron chi connectivity index (χ1n) is 11.6. The quantitative estimate of drug-likeness (QED) is 0.504. The third-order valence-electron chi connectivity index (χ3n) is 6.63. The zero-order valence-corrected chi connectivity index (χ0v) is 20.4. The van der Waals surface area contributed by atoms with Gasteiger partial charge in [-0.2, -0.15) is 5.10 Å². The molecule has 0 radical (unpaired) electrons. The van der Waals surface area contributed by atoms with Crippen molar-refractivity contribution < 1.29 is 14.4 Å². The largest absolute Gasteiger partial charge is 0.379 e. The highest BCUT2D eigenvalue weighted by atomic mass is 16.2. The molecule has 0 spiro atoms. The molecule has 2 heterocycles. The number of nitrogens with zero attached hydrogens (tertiary/aromatic N) is 3. The first-order valence-corrected chi connectivity index (χ1v) is 11.6. The van der Waals surface area contributed by atoms with Crippen LogP contribution in [0.4, 0.5) is 5.69 Å². The molecule has 35 heavy (non-hydrogen) atoms. The van der Waals surface area contributed by atoms with E-state index in [4.69, 9.17) is 5.73 Å². The minimum absolute atomic E-state index is 0.0451. The first-order chi connectivity index (χ1) is 16.6. The van der Waals surface area contributed by atoms with Crippen LogP contribution in [-0.4, -0.2) is 39.1 Å². The third-order valence-corrected chi connectivity index (χ3v) is 6.63. The molecule has 0 bridgehead atoms. The highest BCUT2D eigenvalue weighted by molar-refractivity contribution is 6.04. The smallest absolute Gasteiger partial charge is 0.252 e. The second-order valence-electron chi connectivity index (χ2n) is 9.50. The molecule has 1 aliphatic rings. The van der Waals surface area contributed by atoms with Crippen LogP contribution in [0.5, 0.6) is 0 Å². The summed E-state index contributed by atoms with van der Waals surface area (Å²) in [5, 5.41) is 10.7. The van der Waals surface area contributed by atoms with Gasteiger partial charge >= 0.3 is 0 Å². The molecule has 1 aliphatic carbocycles. The highest BCUT2D eigenvalue weighted by Gasteiger charge is 2.41. The average Bonchev–Trinajstić information content (AvgIpc) is 3.34. The van der Waals surface area contributed by atoms with Gasteiger partial charge in [-0.15, -0.1) is 0 Å². The van der Waals surface area contributed by atoms with Gasteiger partial charge in [0.2, 0.25) is 11.8 Å². The number of nitrogens with one attached hydrogen (secondary N) is 2. The van der Waals surface area contributed by atoms with Gasteiger partial charge in [0.05, 0.1) is 23.0 Å². The van der Waals surface area contributed by atoms with E-state index in [1.807, 2.05) is 50.4 Å². The minimum Gasteiger partial charge on any atom is -0.379 e. The summed E-state index contributed by atoms with van der Waals surface area (Å²) in [5.41, 5.74) is 10.7. The molecule has 1 aromatic carbocycles. The molecule has 2 aromatic heterocycles. The molecule has 4 N–H and O–H groups in total. The van der Waals surface area contributed by atoms with Crippen LogP contribution in [0.15, 0.2) is 47.7 Å². The van der Waals surface area contributed by atoms with Crippen LogP contribution in [-0.2, 0) is 16.1 Å². The van der Waals surface area contributed by atoms with E-state index in [0.29, 0.717) is 24.2 Å². The van der Waals surface area contributed by atoms with Gasteiger partial charge in [-0.25, -0.2) is 9.51 Å². The molecule has 3 aromatic rings. The van der Waals surface area contributed by atoms with Crippen LogP contribution in [0.25, 0.3) is 16.6 Å². The Bertz CT molecular complexity index is 1340. The summed E-state index contributed by atoms with van der Waals surface area (Å²) >= 11 is 0. The van der Waals surface area contributed by atoms with E-state index < -0.39 is 5.91 Å². The van der Waals surface area contributed by atoms with Crippen LogP contribution in [0.1, 0.15) is 56.5 Å². The van der Waals surface area contributed by atoms with E-state index >= 15 is 0 Å². The molecule has 0 unspecified atom stereocenters. The standard InChI is InChI=1S/C26H30N6O3/c1-15(33)28-12-17-5-7-18(8-6-17)19-11-21-24(20(25(27)35)13-29-32(21)14-19)31-23-10-9-22(26(23,3)4)30-16(2)34/h5-8,11,13-14,23,31H,9-10,12H2,1-4H3,(H2,27,35)(H,28,33)/t23-/m1/s1. The molecule has 0 saturated heterocycles. The number of aromatic nitrogens is 2. The predicted molar refractivity (Wildman–Crippen MR) is 135 cm³/mol. The third kappa shape index (κ3) is 4.94. The molecule has 182 valence electrons. The van der Waals surface area contributed by atoms with E-state index in [0.717, 1.165) is 34.3 Å². The number of amides is 3. The Morgan fingerprint density at radius 3 is 2.51 bits per heavy atom. The van der Waals surface area contributed by atoms with Crippen molar-refractivity contribution in [1.82, 2.24) is 14.9 Å². The lowest BCUT2D eigenvalue weighted by Crippen LogP contribution is -2.36. The van der Waals surface area contributed by atoms with E-state index in [2.05, 4.69) is 20.7 Å². The number of fused-ring (bicyclic) bond motifs is 1. The summed E-state index contributed by atoms with van der Waals surface area (Å²) in [4.78, 5) is 39.2. The van der Waals surface area contributed by atoms with E-state index in [-0.39, 0.29) is 23.3 Å². The van der Waals surface area contributed by atoms with Crippen LogP contribution in [0.3, 0.4) is 0 Å². The molecule has 0 aliphatic heterocycles. The van der Waals surface area contributed by atoms with Crippen molar-refractivity contribution in [3.05, 3.63) is 53.9 Å². The van der Waals surface area contributed by atoms with Gasteiger partial charge in [-0.3, -0.25) is 14.4 Å². The molecule has 1 atom stereocenters. The number of nitrogens with two attached hydrogens (primary N) is 1. The van der Waals surface area contributed by atoms with Crippen molar-refractivity contribution in [2.45, 2.75) is 53.1 Å². The molecular formula is C26H30N6O3. The van der Waals surface area contributed by atoms with Gasteiger partial charge in [0.1, 0.15) is 0 Å². The lowest BCUT2D eigenvalue weighted by molar-refractivity contribution is -0.119. The lowest BCUT2D eigenvalue weighted by Gasteiger charge is -2.30. The second-order valence-corrected chi connectivity index (χ2v) is 9.50. The number of rotatable bonds is 6. The number of primary amides is 1. The second kappa shape index (κ2) is 9.32. The van der Waals surface area contributed by atoms with Crippen molar-refractivity contribution in [1.29, 1.82) is 0 Å². The molecule has 9 nitrogen and oxygen atoms in total. The Labute approximate surface area is 203 Å². The van der Waals surface area contributed by atoms with Gasteiger partial charge in [-0.05, 0) is 30.0 Å². The number of benzene rings is 1. The Morgan fingerprint density at radius 2 is 1.89 bits per heavy atom. The topological polar surface area (TPSA) is 131 Å². The molecule has 3 amide bonds. The fourth-order valence-electron chi connectivity index (χ4n) is 4.58. The normalized spacial score (nSPS) is 18.1. The van der Waals surface area contributed by atoms with Crippen molar-refractivity contribution in [2.75, 3.05) is 5.32 Å². The van der Waals surface area contributed by atoms with Crippen LogP contribution >= 0.6 is 0 Å². The van der Waals surface area contributed by atoms with E-state index in [1.165, 1.54) is 20.0 Å². The zero-order valence-electron chi connectivity index (χ0n) is 20.4. The predicted octanol–water partition coefficient (Wildman–Crippen LogP) is 3.32. The van der Waals surface area contributed by atoms with Crippen LogP contribution in [0.2, 0.25) is 0 Å². The fraction of sp³-hybridized carbons (Fsp3) is 0.346. The Kier molecular flexibility index (Phi) is 6.43. The minimum atomic E-state index is -0.569. The van der Waals surface area contributed by atoms with Gasteiger partial charge in [0, 0.05) is 49.3 Å². The summed E-state index contributed by atoms with van der Waals surface area (Å²) < 4.78 is 1.72. The summed E-state index contributed by atoms with van der Waals surface area (Å²) in [6.45, 7) is 7.51. The number of anilines is 1. The number of hydrogen-bond donors (Lipinski definition) is 3. The highest BCUT2D eigenvalue weighted by Crippen LogP contribution is 2.39. The van der Waals surface area contributed by atoms with Crippen molar-refractivity contribution in [2.24, 2.45) is 16.1 Å². The molecule has 1 fully saturated rings. The summed E-state index contributed by atoms with van der Waals surface area (Å²) in [7, 11) is 0. The summed E-state index contributed by atoms with van der Waals surface area (Å²) in [6.07, 6.45) is 4.85. The maximum Gasteiger partial charge on any atom is 0.252 e. The van der Waals surface area contributed by atoms with Crippen LogP contribution in [0, 0.1) is 5.41 Å². The van der Waals surface area contributed by atoms with Crippen LogP contribution < -0.4 is 16.4 Å². The lowest BCUT2D eigenvalue weighted by atomic mass is 9.85.